The molecule has 0 atom stereocenters. The number of allylic oxidation sites excluding steroid dienone is 1. The number of esters is 1. The fraction of sp³-hybridized carbons (Fsp3) is 0.333. The normalized spacial score (nSPS) is 15.7. The third-order valence-corrected chi connectivity index (χ3v) is 5.20. The van der Waals surface area contributed by atoms with E-state index >= 15 is 0 Å². The van der Waals surface area contributed by atoms with Crippen LogP contribution in [-0.4, -0.2) is 33.9 Å². The van der Waals surface area contributed by atoms with Crippen LogP contribution in [0.5, 0.6) is 0 Å². The van der Waals surface area contributed by atoms with Gasteiger partial charge >= 0.3 is 5.97 Å². The number of ether oxygens (including phenoxy) is 1. The molecule has 1 N–H and O–H groups in total. The van der Waals surface area contributed by atoms with Crippen LogP contribution in [0.3, 0.4) is 0 Å². The van der Waals surface area contributed by atoms with Gasteiger partial charge in [-0.3, -0.25) is 14.6 Å². The molecule has 1 aliphatic rings. The van der Waals surface area contributed by atoms with Crippen molar-refractivity contribution in [1.29, 1.82) is 0 Å². The Bertz CT molecular complexity index is 852. The van der Waals surface area contributed by atoms with Crippen molar-refractivity contribution in [3.8, 4) is 0 Å². The minimum atomic E-state index is -0.390. The molecule has 0 radical (unpaired) electrons. The third kappa shape index (κ3) is 3.46. The summed E-state index contributed by atoms with van der Waals surface area (Å²) in [6.07, 6.45) is 3.41. The lowest BCUT2D eigenvalue weighted by molar-refractivity contribution is -0.139. The molecule has 0 amide bonds. The number of nitrogens with zero attached hydrogens (tertiary/aromatic N) is 2. The maximum Gasteiger partial charge on any atom is 0.312 e. The molecule has 0 spiro atoms. The second-order valence-electron chi connectivity index (χ2n) is 5.68. The lowest BCUT2D eigenvalue weighted by Crippen LogP contribution is -2.14. The van der Waals surface area contributed by atoms with E-state index in [1.165, 1.54) is 18.4 Å². The predicted octanol–water partition coefficient (Wildman–Crippen LogP) is 2.91. The Labute approximate surface area is 149 Å². The van der Waals surface area contributed by atoms with Crippen LogP contribution in [0, 0.1) is 0 Å². The van der Waals surface area contributed by atoms with Gasteiger partial charge in [-0.1, -0.05) is 6.92 Å². The predicted molar refractivity (Wildman–Crippen MR) is 93.6 cm³/mol. The van der Waals surface area contributed by atoms with Gasteiger partial charge in [0.05, 0.1) is 24.1 Å². The summed E-state index contributed by atoms with van der Waals surface area (Å²) in [7, 11) is 1.32. The van der Waals surface area contributed by atoms with Gasteiger partial charge in [-0.05, 0) is 31.4 Å². The fourth-order valence-corrected chi connectivity index (χ4v) is 3.75. The summed E-state index contributed by atoms with van der Waals surface area (Å²) >= 11 is 1.19. The first-order valence-corrected chi connectivity index (χ1v) is 8.82. The average Bonchev–Trinajstić information content (AvgIpc) is 3.05. The van der Waals surface area contributed by atoms with Crippen molar-refractivity contribution in [2.45, 2.75) is 32.6 Å². The Kier molecular flexibility index (Phi) is 4.94. The van der Waals surface area contributed by atoms with Crippen LogP contribution >= 0.6 is 11.3 Å². The zero-order valence-electron chi connectivity index (χ0n) is 14.0. The topological polar surface area (TPSA) is 89.4 Å². The fourth-order valence-electron chi connectivity index (χ4n) is 2.69. The molecule has 2 aromatic heterocycles. The third-order valence-electron chi connectivity index (χ3n) is 4.10. The number of ketones is 1. The largest absolute Gasteiger partial charge is 0.507 e. The van der Waals surface area contributed by atoms with E-state index in [0.717, 1.165) is 12.1 Å². The van der Waals surface area contributed by atoms with Crippen molar-refractivity contribution in [3.63, 3.8) is 0 Å². The minimum Gasteiger partial charge on any atom is -0.507 e. The summed E-state index contributed by atoms with van der Waals surface area (Å²) in [6, 6.07) is 3.61. The van der Waals surface area contributed by atoms with Gasteiger partial charge in [-0.25, -0.2) is 4.98 Å². The van der Waals surface area contributed by atoms with Crippen molar-refractivity contribution in [3.05, 3.63) is 50.7 Å². The van der Waals surface area contributed by atoms with Crippen LogP contribution in [0.25, 0.3) is 5.76 Å². The Morgan fingerprint density at radius 3 is 2.80 bits per heavy atom. The number of aromatic nitrogens is 2. The van der Waals surface area contributed by atoms with E-state index in [1.54, 1.807) is 12.3 Å². The second kappa shape index (κ2) is 7.14. The zero-order chi connectivity index (χ0) is 18.0. The molecule has 3 rings (SSSR count). The molecule has 0 saturated heterocycles. The van der Waals surface area contributed by atoms with Crippen LogP contribution in [0.1, 0.15) is 45.0 Å². The molecular formula is C18H18N2O4S. The number of carbonyl (C=O) groups is 2. The summed E-state index contributed by atoms with van der Waals surface area (Å²) < 4.78 is 4.64. The molecule has 6 nitrogen and oxygen atoms in total. The number of aliphatic hydroxyl groups is 1. The van der Waals surface area contributed by atoms with E-state index < -0.39 is 0 Å². The first kappa shape index (κ1) is 17.3. The van der Waals surface area contributed by atoms with Crippen LogP contribution in [0.2, 0.25) is 0 Å². The van der Waals surface area contributed by atoms with Crippen molar-refractivity contribution in [2.24, 2.45) is 0 Å². The summed E-state index contributed by atoms with van der Waals surface area (Å²) in [5.41, 5.74) is 2.51. The Hall–Kier alpha value is -2.54. The number of Topliss-reactive ketones (excluding diaryl/α,β-unsaturated/α-hetero) is 1. The van der Waals surface area contributed by atoms with Crippen molar-refractivity contribution in [2.75, 3.05) is 7.11 Å². The number of aryl methyl sites for hydroxylation is 2. The highest BCUT2D eigenvalue weighted by atomic mass is 32.1. The maximum atomic E-state index is 12.7. The number of rotatable bonds is 4. The maximum absolute atomic E-state index is 12.7. The molecule has 0 saturated carbocycles. The molecule has 0 aromatic carbocycles. The van der Waals surface area contributed by atoms with Crippen molar-refractivity contribution < 1.29 is 19.4 Å². The number of carbonyl (C=O) groups excluding carboxylic acids is 2. The Morgan fingerprint density at radius 1 is 1.36 bits per heavy atom. The Balaban J connectivity index is 1.90. The van der Waals surface area contributed by atoms with Gasteiger partial charge in [-0.15, -0.1) is 11.3 Å². The van der Waals surface area contributed by atoms with E-state index in [-0.39, 0.29) is 23.9 Å². The number of hydrogen-bond acceptors (Lipinski definition) is 7. The first-order valence-electron chi connectivity index (χ1n) is 8.01. The highest BCUT2D eigenvalue weighted by molar-refractivity contribution is 7.14. The molecule has 0 aliphatic heterocycles. The van der Waals surface area contributed by atoms with Gasteiger partial charge < -0.3 is 9.84 Å². The van der Waals surface area contributed by atoms with Crippen LogP contribution in [0.4, 0.5) is 0 Å². The van der Waals surface area contributed by atoms with Crippen LogP contribution in [0.15, 0.2) is 23.9 Å². The first-order chi connectivity index (χ1) is 12.0. The molecular weight excluding hydrogens is 340 g/mol. The molecule has 1 aliphatic carbocycles. The van der Waals surface area contributed by atoms with E-state index in [1.807, 2.05) is 13.0 Å². The SMILES string of the molecule is CCc1ccc(/C(O)=C2\CCc3nc(CC(=O)OC)sc3C2=O)cn1. The number of pyridine rings is 1. The molecule has 0 fully saturated rings. The summed E-state index contributed by atoms with van der Waals surface area (Å²) in [5, 5.41) is 11.1. The smallest absolute Gasteiger partial charge is 0.312 e. The van der Waals surface area contributed by atoms with Crippen molar-refractivity contribution >= 4 is 28.8 Å². The minimum absolute atomic E-state index is 0.0336. The lowest BCUT2D eigenvalue weighted by atomic mass is 9.93. The van der Waals surface area contributed by atoms with E-state index in [4.69, 9.17) is 0 Å². The van der Waals surface area contributed by atoms with Gasteiger partial charge in [-0.2, -0.15) is 0 Å². The lowest BCUT2D eigenvalue weighted by Gasteiger charge is -2.14. The van der Waals surface area contributed by atoms with E-state index in [2.05, 4.69) is 14.7 Å². The average molecular weight is 358 g/mol. The summed E-state index contributed by atoms with van der Waals surface area (Å²) in [4.78, 5) is 33.2. The molecule has 130 valence electrons. The molecule has 25 heavy (non-hydrogen) atoms. The number of hydrogen-bond donors (Lipinski definition) is 1. The molecule has 7 heteroatoms. The summed E-state index contributed by atoms with van der Waals surface area (Å²) in [5.74, 6) is -0.653. The van der Waals surface area contributed by atoms with Gasteiger partial charge in [0, 0.05) is 23.0 Å². The van der Waals surface area contributed by atoms with Crippen LogP contribution in [-0.2, 0) is 28.8 Å². The van der Waals surface area contributed by atoms with E-state index in [0.29, 0.717) is 39.6 Å². The zero-order valence-corrected chi connectivity index (χ0v) is 14.9. The molecule has 2 heterocycles. The highest BCUT2D eigenvalue weighted by Crippen LogP contribution is 2.33. The van der Waals surface area contributed by atoms with E-state index in [9.17, 15) is 14.7 Å². The van der Waals surface area contributed by atoms with Gasteiger partial charge in [0.25, 0.3) is 0 Å². The van der Waals surface area contributed by atoms with Gasteiger partial charge in [0.2, 0.25) is 5.78 Å². The monoisotopic (exact) mass is 358 g/mol. The quantitative estimate of drug-likeness (QED) is 0.513. The number of thiazole rings is 1. The van der Waals surface area contributed by atoms with Gasteiger partial charge in [0.15, 0.2) is 0 Å². The summed E-state index contributed by atoms with van der Waals surface area (Å²) in [6.45, 7) is 2.00. The number of aliphatic hydroxyl groups excluding tert-OH is 1. The molecule has 0 bridgehead atoms. The molecule has 2 aromatic rings. The second-order valence-corrected chi connectivity index (χ2v) is 6.77. The van der Waals surface area contributed by atoms with Crippen LogP contribution < -0.4 is 0 Å². The van der Waals surface area contributed by atoms with Gasteiger partial charge in [0.1, 0.15) is 10.8 Å². The van der Waals surface area contributed by atoms with Crippen molar-refractivity contribution in [1.82, 2.24) is 9.97 Å². The highest BCUT2D eigenvalue weighted by Gasteiger charge is 2.29. The number of methoxy groups -OCH3 is 1. The molecule has 0 unspecified atom stereocenters. The Morgan fingerprint density at radius 2 is 2.16 bits per heavy atom. The number of fused-ring (bicyclic) bond motifs is 1. The standard InChI is InChI=1S/C18H18N2O4S/c1-3-11-5-4-10(9-19-11)16(22)12-6-7-13-18(17(12)23)25-14(20-13)8-15(21)24-2/h4-5,9,22H,3,6-8H2,1-2H3/b16-12-.